The molecular weight excluding hydrogens is 278 g/mol. The molecule has 4 heteroatoms. The first-order chi connectivity index (χ1) is 10.7. The number of hydrogen-bond acceptors (Lipinski definition) is 4. The molecule has 0 heterocycles. The summed E-state index contributed by atoms with van der Waals surface area (Å²) in [5.41, 5.74) is 2.51. The van der Waals surface area contributed by atoms with Crippen molar-refractivity contribution in [2.75, 3.05) is 40.0 Å². The minimum absolute atomic E-state index is 0.334. The summed E-state index contributed by atoms with van der Waals surface area (Å²) in [4.78, 5) is 2.24. The van der Waals surface area contributed by atoms with Crippen molar-refractivity contribution < 1.29 is 14.6 Å². The number of benzene rings is 1. The van der Waals surface area contributed by atoms with Crippen molar-refractivity contribution >= 4 is 0 Å². The van der Waals surface area contributed by atoms with E-state index >= 15 is 0 Å². The van der Waals surface area contributed by atoms with Gasteiger partial charge < -0.3 is 14.6 Å². The van der Waals surface area contributed by atoms with Crippen LogP contribution in [-0.2, 0) is 16.0 Å². The van der Waals surface area contributed by atoms with E-state index in [0.29, 0.717) is 19.8 Å². The lowest BCUT2D eigenvalue weighted by Gasteiger charge is -2.25. The van der Waals surface area contributed by atoms with Crippen LogP contribution < -0.4 is 0 Å². The van der Waals surface area contributed by atoms with Gasteiger partial charge >= 0.3 is 0 Å². The summed E-state index contributed by atoms with van der Waals surface area (Å²) >= 11 is 0. The number of methoxy groups -OCH3 is 1. The monoisotopic (exact) mass is 307 g/mol. The Balaban J connectivity index is 2.50. The molecule has 1 aromatic carbocycles. The van der Waals surface area contributed by atoms with Crippen LogP contribution in [0.1, 0.15) is 17.5 Å². The molecule has 0 aliphatic rings. The summed E-state index contributed by atoms with van der Waals surface area (Å²) in [5, 5.41) is 10.1. The van der Waals surface area contributed by atoms with Crippen molar-refractivity contribution in [2.24, 2.45) is 0 Å². The molecule has 4 nitrogen and oxygen atoms in total. The SMILES string of the molecule is C=CCOCC(O)CN(CCCOC)Cc1ccc(C)cc1. The molecule has 1 rings (SSSR count). The minimum atomic E-state index is -0.493. The van der Waals surface area contributed by atoms with Crippen LogP contribution in [-0.4, -0.2) is 56.1 Å². The number of ether oxygens (including phenoxy) is 2. The van der Waals surface area contributed by atoms with Gasteiger partial charge in [-0.2, -0.15) is 0 Å². The molecule has 0 saturated heterocycles. The summed E-state index contributed by atoms with van der Waals surface area (Å²) in [6.07, 6.45) is 2.14. The highest BCUT2D eigenvalue weighted by Gasteiger charge is 2.12. The Bertz CT molecular complexity index is 405. The summed E-state index contributed by atoms with van der Waals surface area (Å²) < 4.78 is 10.4. The van der Waals surface area contributed by atoms with Crippen LogP contribution in [0.4, 0.5) is 0 Å². The predicted octanol–water partition coefficient (Wildman–Crippen LogP) is 2.40. The summed E-state index contributed by atoms with van der Waals surface area (Å²) in [5.74, 6) is 0. The predicted molar refractivity (Wildman–Crippen MR) is 90.0 cm³/mol. The van der Waals surface area contributed by atoms with Gasteiger partial charge in [-0.3, -0.25) is 4.90 Å². The van der Waals surface area contributed by atoms with Crippen LogP contribution in [0.25, 0.3) is 0 Å². The van der Waals surface area contributed by atoms with Gasteiger partial charge in [0.15, 0.2) is 0 Å². The first-order valence-corrected chi connectivity index (χ1v) is 7.79. The molecule has 1 N–H and O–H groups in total. The van der Waals surface area contributed by atoms with E-state index in [4.69, 9.17) is 9.47 Å². The number of nitrogens with zero attached hydrogens (tertiary/aromatic N) is 1. The Morgan fingerprint density at radius 2 is 2.05 bits per heavy atom. The number of rotatable bonds is 12. The third-order valence-corrected chi connectivity index (χ3v) is 3.36. The molecular formula is C18H29NO3. The fourth-order valence-electron chi connectivity index (χ4n) is 2.26. The van der Waals surface area contributed by atoms with Crippen LogP contribution in [0, 0.1) is 6.92 Å². The fraction of sp³-hybridized carbons (Fsp3) is 0.556. The first-order valence-electron chi connectivity index (χ1n) is 7.79. The Morgan fingerprint density at radius 3 is 2.68 bits per heavy atom. The normalized spacial score (nSPS) is 12.5. The summed E-state index contributed by atoms with van der Waals surface area (Å²) in [6, 6.07) is 8.51. The van der Waals surface area contributed by atoms with Gasteiger partial charge in [0, 0.05) is 33.4 Å². The molecule has 0 spiro atoms. The van der Waals surface area contributed by atoms with Gasteiger partial charge in [0.2, 0.25) is 0 Å². The highest BCUT2D eigenvalue weighted by Crippen LogP contribution is 2.08. The average Bonchev–Trinajstić information content (AvgIpc) is 2.50. The maximum absolute atomic E-state index is 10.1. The van der Waals surface area contributed by atoms with E-state index in [1.807, 2.05) is 0 Å². The van der Waals surface area contributed by atoms with Crippen LogP contribution in [0.3, 0.4) is 0 Å². The van der Waals surface area contributed by atoms with Crippen LogP contribution in [0.5, 0.6) is 0 Å². The molecule has 1 aromatic rings. The Labute approximate surface area is 134 Å². The Hall–Kier alpha value is -1.20. The zero-order chi connectivity index (χ0) is 16.2. The van der Waals surface area contributed by atoms with Gasteiger partial charge in [-0.25, -0.2) is 0 Å². The van der Waals surface area contributed by atoms with Crippen molar-refractivity contribution in [3.05, 3.63) is 48.0 Å². The van der Waals surface area contributed by atoms with Gasteiger partial charge in [-0.05, 0) is 18.9 Å². The fourth-order valence-corrected chi connectivity index (χ4v) is 2.26. The maximum atomic E-state index is 10.1. The number of aryl methyl sites for hydroxylation is 1. The molecule has 0 bridgehead atoms. The molecule has 0 radical (unpaired) electrons. The molecule has 0 fully saturated rings. The quantitative estimate of drug-likeness (QED) is 0.475. The lowest BCUT2D eigenvalue weighted by Crippen LogP contribution is -2.35. The lowest BCUT2D eigenvalue weighted by molar-refractivity contribution is 0.0229. The Morgan fingerprint density at radius 1 is 1.32 bits per heavy atom. The molecule has 22 heavy (non-hydrogen) atoms. The average molecular weight is 307 g/mol. The van der Waals surface area contributed by atoms with Gasteiger partial charge in [0.05, 0.1) is 19.3 Å². The standard InChI is InChI=1S/C18H29NO3/c1-4-11-22-15-18(20)14-19(10-5-12-21-3)13-17-8-6-16(2)7-9-17/h4,6-9,18,20H,1,5,10-15H2,2-3H3. The van der Waals surface area contributed by atoms with E-state index in [1.165, 1.54) is 11.1 Å². The Kier molecular flexibility index (Phi) is 9.75. The van der Waals surface area contributed by atoms with Gasteiger partial charge in [-0.1, -0.05) is 35.9 Å². The molecule has 1 unspecified atom stereocenters. The third-order valence-electron chi connectivity index (χ3n) is 3.36. The van der Waals surface area contributed by atoms with E-state index < -0.39 is 6.10 Å². The third kappa shape index (κ3) is 8.29. The molecule has 1 atom stereocenters. The molecule has 124 valence electrons. The summed E-state index contributed by atoms with van der Waals surface area (Å²) in [6.45, 7) is 9.52. The minimum Gasteiger partial charge on any atom is -0.389 e. The van der Waals surface area contributed by atoms with Crippen LogP contribution in [0.15, 0.2) is 36.9 Å². The molecule has 0 aromatic heterocycles. The van der Waals surface area contributed by atoms with E-state index in [0.717, 1.165) is 26.1 Å². The second kappa shape index (κ2) is 11.4. The largest absolute Gasteiger partial charge is 0.389 e. The van der Waals surface area contributed by atoms with Gasteiger partial charge in [0.1, 0.15) is 0 Å². The molecule has 0 saturated carbocycles. The van der Waals surface area contributed by atoms with Crippen molar-refractivity contribution in [2.45, 2.75) is 26.0 Å². The second-order valence-corrected chi connectivity index (χ2v) is 5.55. The van der Waals surface area contributed by atoms with Crippen molar-refractivity contribution in [1.82, 2.24) is 4.90 Å². The van der Waals surface area contributed by atoms with E-state index in [2.05, 4.69) is 42.7 Å². The van der Waals surface area contributed by atoms with Crippen LogP contribution in [0.2, 0.25) is 0 Å². The van der Waals surface area contributed by atoms with E-state index in [9.17, 15) is 5.11 Å². The van der Waals surface area contributed by atoms with Crippen molar-refractivity contribution in [3.8, 4) is 0 Å². The highest BCUT2D eigenvalue weighted by atomic mass is 16.5. The second-order valence-electron chi connectivity index (χ2n) is 5.55. The lowest BCUT2D eigenvalue weighted by atomic mass is 10.1. The van der Waals surface area contributed by atoms with Crippen molar-refractivity contribution in [3.63, 3.8) is 0 Å². The van der Waals surface area contributed by atoms with E-state index in [-0.39, 0.29) is 0 Å². The smallest absolute Gasteiger partial charge is 0.0900 e. The number of hydrogen-bond donors (Lipinski definition) is 1. The van der Waals surface area contributed by atoms with Gasteiger partial charge in [-0.15, -0.1) is 6.58 Å². The molecule has 0 aliphatic carbocycles. The maximum Gasteiger partial charge on any atom is 0.0900 e. The summed E-state index contributed by atoms with van der Waals surface area (Å²) in [7, 11) is 1.71. The van der Waals surface area contributed by atoms with Gasteiger partial charge in [0.25, 0.3) is 0 Å². The number of aliphatic hydroxyl groups excluding tert-OH is 1. The molecule has 0 aliphatic heterocycles. The molecule has 0 amide bonds. The van der Waals surface area contributed by atoms with Crippen LogP contribution >= 0.6 is 0 Å². The first kappa shape index (κ1) is 18.8. The van der Waals surface area contributed by atoms with E-state index in [1.54, 1.807) is 13.2 Å². The zero-order valence-corrected chi connectivity index (χ0v) is 13.8. The number of aliphatic hydroxyl groups is 1. The zero-order valence-electron chi connectivity index (χ0n) is 13.8. The topological polar surface area (TPSA) is 41.9 Å². The van der Waals surface area contributed by atoms with Crippen molar-refractivity contribution in [1.29, 1.82) is 0 Å². The highest BCUT2D eigenvalue weighted by molar-refractivity contribution is 5.21.